The number of rotatable bonds is 2. The Morgan fingerprint density at radius 2 is 2.40 bits per heavy atom. The average Bonchev–Trinajstić information content (AvgIpc) is 2.05. The Morgan fingerprint density at radius 1 is 1.60 bits per heavy atom. The maximum Gasteiger partial charge on any atom is 0.216 e. The van der Waals surface area contributed by atoms with Crippen LogP contribution in [0.5, 0.6) is 5.88 Å². The summed E-state index contributed by atoms with van der Waals surface area (Å²) in [6.45, 7) is 0. The molecule has 0 amide bonds. The van der Waals surface area contributed by atoms with Crippen molar-refractivity contribution in [2.45, 2.75) is 5.33 Å². The van der Waals surface area contributed by atoms with E-state index in [2.05, 4.69) is 25.9 Å². The number of alkyl halides is 1. The smallest absolute Gasteiger partial charge is 0.216 e. The van der Waals surface area contributed by atoms with Crippen molar-refractivity contribution in [1.82, 2.24) is 9.97 Å². The maximum atomic E-state index is 4.88. The summed E-state index contributed by atoms with van der Waals surface area (Å²) >= 11 is 3.27. The Balaban J connectivity index is 2.87. The Morgan fingerprint density at radius 3 is 3.00 bits per heavy atom. The first-order valence-corrected chi connectivity index (χ1v) is 3.90. The molecule has 0 radical (unpaired) electrons. The van der Waals surface area contributed by atoms with Crippen LogP contribution in [0, 0.1) is 0 Å². The van der Waals surface area contributed by atoms with Gasteiger partial charge in [0.2, 0.25) is 5.88 Å². The van der Waals surface area contributed by atoms with Crippen LogP contribution < -0.4 is 4.74 Å². The van der Waals surface area contributed by atoms with Gasteiger partial charge in [0.25, 0.3) is 0 Å². The highest BCUT2D eigenvalue weighted by Gasteiger charge is 1.94. The number of nitrogens with zero attached hydrogens (tertiary/aromatic N) is 2. The van der Waals surface area contributed by atoms with Gasteiger partial charge in [0.1, 0.15) is 6.33 Å². The van der Waals surface area contributed by atoms with Crippen molar-refractivity contribution < 1.29 is 4.74 Å². The van der Waals surface area contributed by atoms with Gasteiger partial charge in [0, 0.05) is 11.4 Å². The minimum atomic E-state index is 0.601. The van der Waals surface area contributed by atoms with Crippen molar-refractivity contribution >= 4 is 15.9 Å². The van der Waals surface area contributed by atoms with E-state index in [1.165, 1.54) is 6.33 Å². The molecule has 0 aliphatic rings. The molecule has 1 heterocycles. The molecule has 0 aliphatic carbocycles. The highest BCUT2D eigenvalue weighted by atomic mass is 79.9. The minimum Gasteiger partial charge on any atom is -0.481 e. The Bertz CT molecular complexity index is 197. The van der Waals surface area contributed by atoms with Gasteiger partial charge < -0.3 is 4.74 Å². The van der Waals surface area contributed by atoms with E-state index < -0.39 is 0 Å². The largest absolute Gasteiger partial charge is 0.481 e. The van der Waals surface area contributed by atoms with E-state index in [-0.39, 0.29) is 0 Å². The van der Waals surface area contributed by atoms with E-state index in [1.807, 2.05) is 0 Å². The van der Waals surface area contributed by atoms with E-state index >= 15 is 0 Å². The van der Waals surface area contributed by atoms with Gasteiger partial charge >= 0.3 is 0 Å². The van der Waals surface area contributed by atoms with Gasteiger partial charge in [0.05, 0.1) is 12.8 Å². The van der Waals surface area contributed by atoms with E-state index in [0.717, 1.165) is 11.0 Å². The van der Waals surface area contributed by atoms with Crippen LogP contribution in [0.25, 0.3) is 0 Å². The maximum absolute atomic E-state index is 4.88. The fraction of sp³-hybridized carbons (Fsp3) is 0.333. The summed E-state index contributed by atoms with van der Waals surface area (Å²) in [5.41, 5.74) is 0.923. The van der Waals surface area contributed by atoms with Crippen molar-refractivity contribution in [2.24, 2.45) is 0 Å². The zero-order chi connectivity index (χ0) is 7.40. The molecule has 0 bridgehead atoms. The first-order valence-electron chi connectivity index (χ1n) is 2.77. The third-order valence-electron chi connectivity index (χ3n) is 1.04. The second-order valence-electron chi connectivity index (χ2n) is 1.69. The lowest BCUT2D eigenvalue weighted by molar-refractivity contribution is 0.396. The van der Waals surface area contributed by atoms with Crippen LogP contribution in [0.4, 0.5) is 0 Å². The molecule has 4 heteroatoms. The van der Waals surface area contributed by atoms with Crippen LogP contribution in [0.15, 0.2) is 12.4 Å². The van der Waals surface area contributed by atoms with Crippen molar-refractivity contribution in [3.63, 3.8) is 0 Å². The molecule has 3 nitrogen and oxygen atoms in total. The number of hydrogen-bond donors (Lipinski definition) is 0. The predicted molar refractivity (Wildman–Crippen MR) is 41.2 cm³/mol. The van der Waals surface area contributed by atoms with Gasteiger partial charge in [-0.2, -0.15) is 0 Å². The molecule has 0 fully saturated rings. The molecule has 0 aliphatic heterocycles. The lowest BCUT2D eigenvalue weighted by atomic mass is 10.4. The summed E-state index contributed by atoms with van der Waals surface area (Å²) in [7, 11) is 1.58. The molecule has 54 valence electrons. The topological polar surface area (TPSA) is 35.0 Å². The van der Waals surface area contributed by atoms with Gasteiger partial charge in [-0.3, -0.25) is 0 Å². The van der Waals surface area contributed by atoms with E-state index in [1.54, 1.807) is 13.2 Å². The number of halogens is 1. The summed E-state index contributed by atoms with van der Waals surface area (Å²) < 4.78 is 4.88. The quantitative estimate of drug-likeness (QED) is 0.681. The molecule has 0 saturated carbocycles. The number of hydrogen-bond acceptors (Lipinski definition) is 3. The summed E-state index contributed by atoms with van der Waals surface area (Å²) in [6.07, 6.45) is 1.48. The molecule has 0 saturated heterocycles. The first-order chi connectivity index (χ1) is 4.86. The van der Waals surface area contributed by atoms with Crippen LogP contribution in [-0.4, -0.2) is 17.1 Å². The van der Waals surface area contributed by atoms with Crippen LogP contribution in [0.1, 0.15) is 5.69 Å². The van der Waals surface area contributed by atoms with E-state index in [9.17, 15) is 0 Å². The molecular formula is C6H7BrN2O. The van der Waals surface area contributed by atoms with E-state index in [4.69, 9.17) is 4.74 Å². The molecule has 1 aromatic heterocycles. The first kappa shape index (κ1) is 7.47. The molecule has 0 atom stereocenters. The minimum absolute atomic E-state index is 0.601. The van der Waals surface area contributed by atoms with Crippen LogP contribution in [0.3, 0.4) is 0 Å². The molecule has 0 unspecified atom stereocenters. The lowest BCUT2D eigenvalue weighted by Gasteiger charge is -1.97. The monoisotopic (exact) mass is 202 g/mol. The number of ether oxygens (including phenoxy) is 1. The fourth-order valence-electron chi connectivity index (χ4n) is 0.562. The van der Waals surface area contributed by atoms with Crippen molar-refractivity contribution in [3.8, 4) is 5.88 Å². The zero-order valence-corrected chi connectivity index (χ0v) is 7.13. The standard InChI is InChI=1S/C6H7BrN2O/c1-10-6-2-5(3-7)8-4-9-6/h2,4H,3H2,1H3. The second kappa shape index (κ2) is 3.51. The third-order valence-corrected chi connectivity index (χ3v) is 1.62. The number of methoxy groups -OCH3 is 1. The second-order valence-corrected chi connectivity index (χ2v) is 2.25. The zero-order valence-electron chi connectivity index (χ0n) is 5.54. The van der Waals surface area contributed by atoms with Crippen molar-refractivity contribution in [3.05, 3.63) is 18.1 Å². The van der Waals surface area contributed by atoms with Gasteiger partial charge in [0.15, 0.2) is 0 Å². The normalized spacial score (nSPS) is 9.40. The van der Waals surface area contributed by atoms with E-state index in [0.29, 0.717) is 5.88 Å². The van der Waals surface area contributed by atoms with Crippen molar-refractivity contribution in [1.29, 1.82) is 0 Å². The highest BCUT2D eigenvalue weighted by Crippen LogP contribution is 2.07. The fourth-order valence-corrected chi connectivity index (χ4v) is 0.868. The summed E-state index contributed by atoms with van der Waals surface area (Å²) in [6, 6.07) is 1.79. The Hall–Kier alpha value is -0.640. The average molecular weight is 203 g/mol. The Labute approximate surface area is 67.6 Å². The van der Waals surface area contributed by atoms with Crippen LogP contribution >= 0.6 is 15.9 Å². The summed E-state index contributed by atoms with van der Waals surface area (Å²) in [5.74, 6) is 0.601. The molecule has 1 rings (SSSR count). The molecule has 10 heavy (non-hydrogen) atoms. The summed E-state index contributed by atoms with van der Waals surface area (Å²) in [5, 5.41) is 0.728. The lowest BCUT2D eigenvalue weighted by Crippen LogP contribution is -1.91. The predicted octanol–water partition coefficient (Wildman–Crippen LogP) is 1.38. The van der Waals surface area contributed by atoms with Gasteiger partial charge in [-0.05, 0) is 0 Å². The molecule has 0 N–H and O–H groups in total. The Kier molecular flexibility index (Phi) is 2.62. The highest BCUT2D eigenvalue weighted by molar-refractivity contribution is 9.08. The SMILES string of the molecule is COc1cc(CBr)ncn1. The molecule has 0 aromatic carbocycles. The molecular weight excluding hydrogens is 196 g/mol. The van der Waals surface area contributed by atoms with Crippen LogP contribution in [0.2, 0.25) is 0 Å². The van der Waals surface area contributed by atoms with Crippen molar-refractivity contribution in [2.75, 3.05) is 7.11 Å². The van der Waals surface area contributed by atoms with Crippen LogP contribution in [-0.2, 0) is 5.33 Å². The molecule has 0 spiro atoms. The third kappa shape index (κ3) is 1.67. The summed E-state index contributed by atoms with van der Waals surface area (Å²) in [4.78, 5) is 7.82. The molecule has 1 aromatic rings. The van der Waals surface area contributed by atoms with Gasteiger partial charge in [-0.1, -0.05) is 15.9 Å². The number of aromatic nitrogens is 2. The van der Waals surface area contributed by atoms with Gasteiger partial charge in [-0.25, -0.2) is 9.97 Å². The van der Waals surface area contributed by atoms with Gasteiger partial charge in [-0.15, -0.1) is 0 Å².